The third kappa shape index (κ3) is 11.6. The van der Waals surface area contributed by atoms with E-state index in [9.17, 15) is 48.3 Å². The molecule has 7 rings (SSSR count). The number of amides is 6. The number of cyclic esters (lactones) is 1. The largest absolute Gasteiger partial charge is 0.458 e. The average molecular weight is 999 g/mol. The first-order valence-electron chi connectivity index (χ1n) is 23.1. The molecule has 3 atom stereocenters. The topological polar surface area (TPSA) is 282 Å². The van der Waals surface area contributed by atoms with Crippen LogP contribution in [-0.2, 0) is 79.4 Å². The van der Waals surface area contributed by atoms with Crippen LogP contribution >= 0.6 is 11.8 Å². The van der Waals surface area contributed by atoms with Crippen LogP contribution in [0.15, 0.2) is 47.3 Å². The van der Waals surface area contributed by atoms with E-state index in [0.29, 0.717) is 57.4 Å². The van der Waals surface area contributed by atoms with Crippen molar-refractivity contribution < 1.29 is 57.3 Å². The molecule has 376 valence electrons. The lowest BCUT2D eigenvalue weighted by molar-refractivity contribution is -0.172. The molecule has 0 fully saturated rings. The molecule has 3 aliphatic rings. The number of aliphatic hydroxyl groups is 1. The number of hydrogen-bond acceptors (Lipinski definition) is 14. The summed E-state index contributed by atoms with van der Waals surface area (Å²) >= 11 is 1.13. The van der Waals surface area contributed by atoms with Gasteiger partial charge in [0.2, 0.25) is 35.4 Å². The van der Waals surface area contributed by atoms with Gasteiger partial charge in [0.25, 0.3) is 5.56 Å². The Labute approximate surface area is 411 Å². The maximum Gasteiger partial charge on any atom is 0.343 e. The molecule has 4 aromatic rings. The fourth-order valence-electron chi connectivity index (χ4n) is 8.75. The predicted octanol–water partition coefficient (Wildman–Crippen LogP) is 0.755. The van der Waals surface area contributed by atoms with Gasteiger partial charge in [-0.05, 0) is 54.5 Å². The summed E-state index contributed by atoms with van der Waals surface area (Å²) in [7, 11) is 0. The summed E-state index contributed by atoms with van der Waals surface area (Å²) in [6.45, 7) is 4.20. The Morgan fingerprint density at radius 3 is 2.35 bits per heavy atom. The second-order valence-corrected chi connectivity index (χ2v) is 18.7. The molecule has 22 heteroatoms. The van der Waals surface area contributed by atoms with E-state index >= 15 is 4.39 Å². The minimum Gasteiger partial charge on any atom is -0.458 e. The second kappa shape index (κ2) is 22.4. The minimum atomic E-state index is -2.05. The Morgan fingerprint density at radius 1 is 0.915 bits per heavy atom. The quantitative estimate of drug-likeness (QED) is 0.0304. The standard InChI is InChI=1S/C49H55FN8O12S/c1-5-49(68)31-14-36-45-29(19-58(36)47(66)30(31)20-70-48(49)67)44-33(12-11-28-26(4)32(50)15-34(57-45)43(28)44)55-41(63)21-69-24-54-39(61)17-53-46(65)35(13-27-9-7-6-8-10-27)56-40(62)18-51-38(60)16-52-42(64)23-71-22-37(59)25(2)3/h6-10,14-15,25,33,35,68H,5,11-13,16-24H2,1-4H3,(H,51,60)(H,52,64)(H,53,65)(H,54,61)(H,55,63)(H,56,62)/t33-,35-,49-/m0/s1. The summed E-state index contributed by atoms with van der Waals surface area (Å²) in [6, 6.07) is 9.87. The number of thioether (sulfide) groups is 1. The highest BCUT2D eigenvalue weighted by atomic mass is 32.2. The van der Waals surface area contributed by atoms with Gasteiger partial charge in [-0.1, -0.05) is 51.1 Å². The van der Waals surface area contributed by atoms with E-state index in [0.717, 1.165) is 17.3 Å². The predicted molar refractivity (Wildman–Crippen MR) is 256 cm³/mol. The van der Waals surface area contributed by atoms with Crippen molar-refractivity contribution in [3.8, 4) is 11.4 Å². The normalized spacial score (nSPS) is 16.7. The molecule has 6 amide bonds. The van der Waals surface area contributed by atoms with Crippen LogP contribution in [0.3, 0.4) is 0 Å². The van der Waals surface area contributed by atoms with Crippen LogP contribution in [0.25, 0.3) is 22.3 Å². The number of aryl methyl sites for hydroxylation is 1. The SMILES string of the molecule is CC[C@@]1(O)C(=O)OCc2c1cc1n(c2=O)Cc2c-1nc1cc(F)c(C)c3c1c2[C@@H](NC(=O)COCNC(=O)CNC(=O)[C@H](Cc1ccccc1)NC(=O)CNC(=O)CNC(=O)CSCC(=O)C(C)C)CC3. The smallest absolute Gasteiger partial charge is 0.343 e. The first-order chi connectivity index (χ1) is 33.9. The van der Waals surface area contributed by atoms with Gasteiger partial charge in [0.05, 0.1) is 66.2 Å². The molecule has 2 aromatic carbocycles. The molecule has 1 aliphatic carbocycles. The van der Waals surface area contributed by atoms with Gasteiger partial charge in [-0.15, -0.1) is 11.8 Å². The monoisotopic (exact) mass is 998 g/mol. The molecule has 0 radical (unpaired) electrons. The Kier molecular flexibility index (Phi) is 16.3. The molecule has 0 saturated carbocycles. The number of carbonyl (C=O) groups is 8. The van der Waals surface area contributed by atoms with E-state index in [1.165, 1.54) is 10.6 Å². The molecule has 7 N–H and O–H groups in total. The van der Waals surface area contributed by atoms with Crippen molar-refractivity contribution in [2.45, 2.75) is 84.2 Å². The van der Waals surface area contributed by atoms with Crippen molar-refractivity contribution in [3.05, 3.63) is 97.6 Å². The summed E-state index contributed by atoms with van der Waals surface area (Å²) in [5.74, 6) is -5.07. The first kappa shape index (κ1) is 51.8. The molecule has 2 aromatic heterocycles. The average Bonchev–Trinajstić information content (AvgIpc) is 3.72. The van der Waals surface area contributed by atoms with Crippen LogP contribution in [0.2, 0.25) is 0 Å². The number of fused-ring (bicyclic) bond motifs is 5. The zero-order valence-electron chi connectivity index (χ0n) is 39.6. The second-order valence-electron chi connectivity index (χ2n) is 17.8. The fourth-order valence-corrected chi connectivity index (χ4v) is 9.67. The summed E-state index contributed by atoms with van der Waals surface area (Å²) in [5, 5.41) is 27.3. The molecule has 0 spiro atoms. The van der Waals surface area contributed by atoms with Crippen molar-refractivity contribution in [1.82, 2.24) is 41.5 Å². The lowest BCUT2D eigenvalue weighted by atomic mass is 9.81. The van der Waals surface area contributed by atoms with Crippen molar-refractivity contribution in [2.75, 3.05) is 44.5 Å². The van der Waals surface area contributed by atoms with Crippen molar-refractivity contribution in [3.63, 3.8) is 0 Å². The number of esters is 1. The summed E-state index contributed by atoms with van der Waals surface area (Å²) < 4.78 is 27.5. The molecule has 20 nitrogen and oxygen atoms in total. The van der Waals surface area contributed by atoms with E-state index in [4.69, 9.17) is 14.5 Å². The molecular weight excluding hydrogens is 944 g/mol. The van der Waals surface area contributed by atoms with E-state index in [1.54, 1.807) is 64.1 Å². The maximum atomic E-state index is 15.3. The number of hydrogen-bond donors (Lipinski definition) is 7. The molecule has 2 aliphatic heterocycles. The zero-order valence-corrected chi connectivity index (χ0v) is 40.4. The Morgan fingerprint density at radius 2 is 1.62 bits per heavy atom. The van der Waals surface area contributed by atoms with E-state index in [-0.39, 0.29) is 60.3 Å². The van der Waals surface area contributed by atoms with E-state index in [2.05, 4.69) is 31.9 Å². The highest BCUT2D eigenvalue weighted by Gasteiger charge is 2.46. The molecule has 4 heterocycles. The van der Waals surface area contributed by atoms with Gasteiger partial charge in [-0.3, -0.25) is 38.4 Å². The first-order valence-corrected chi connectivity index (χ1v) is 24.3. The van der Waals surface area contributed by atoms with Gasteiger partial charge < -0.3 is 51.0 Å². The van der Waals surface area contributed by atoms with Gasteiger partial charge >= 0.3 is 5.97 Å². The van der Waals surface area contributed by atoms with E-state index < -0.39 is 103 Å². The van der Waals surface area contributed by atoms with Crippen LogP contribution in [0.5, 0.6) is 0 Å². The number of carbonyl (C=O) groups excluding carboxylic acids is 8. The van der Waals surface area contributed by atoms with Gasteiger partial charge in [0, 0.05) is 34.9 Å². The number of aromatic nitrogens is 2. The number of nitrogens with one attached hydrogen (secondary N) is 6. The number of benzene rings is 2. The van der Waals surface area contributed by atoms with E-state index in [1.807, 2.05) is 0 Å². The van der Waals surface area contributed by atoms with Crippen LogP contribution in [0, 0.1) is 18.7 Å². The Bertz CT molecular complexity index is 2880. The minimum absolute atomic E-state index is 0.00122. The van der Waals surface area contributed by atoms with Crippen LogP contribution in [0.4, 0.5) is 4.39 Å². The van der Waals surface area contributed by atoms with Gasteiger partial charge in [-0.2, -0.15) is 0 Å². The highest BCUT2D eigenvalue weighted by molar-refractivity contribution is 8.00. The highest BCUT2D eigenvalue weighted by Crippen LogP contribution is 2.46. The van der Waals surface area contributed by atoms with Crippen molar-refractivity contribution >= 4 is 69.9 Å². The van der Waals surface area contributed by atoms with Gasteiger partial charge in [0.1, 0.15) is 37.6 Å². The lowest BCUT2D eigenvalue weighted by Crippen LogP contribution is -2.52. The van der Waals surface area contributed by atoms with Crippen molar-refractivity contribution in [1.29, 1.82) is 0 Å². The summed E-state index contributed by atoms with van der Waals surface area (Å²) in [4.78, 5) is 120. The third-order valence-corrected chi connectivity index (χ3v) is 13.6. The third-order valence-electron chi connectivity index (χ3n) is 12.7. The number of pyridine rings is 2. The van der Waals surface area contributed by atoms with Gasteiger partial charge in [0.15, 0.2) is 5.60 Å². The van der Waals surface area contributed by atoms with Crippen LogP contribution < -0.4 is 37.5 Å². The molecular formula is C49H55FN8O12S. The van der Waals surface area contributed by atoms with Crippen LogP contribution in [0.1, 0.15) is 78.6 Å². The number of nitrogens with zero attached hydrogens (tertiary/aromatic N) is 2. The maximum absolute atomic E-state index is 15.3. The number of Topliss-reactive ketones (excluding diaryl/α,β-unsaturated/α-hetero) is 1. The van der Waals surface area contributed by atoms with Gasteiger partial charge in [-0.25, -0.2) is 14.2 Å². The number of ether oxygens (including phenoxy) is 2. The summed E-state index contributed by atoms with van der Waals surface area (Å²) in [6.07, 6.45) is 0.775. The number of halogens is 1. The lowest BCUT2D eigenvalue weighted by Gasteiger charge is -2.31. The molecule has 71 heavy (non-hydrogen) atoms. The molecule has 0 bridgehead atoms. The number of rotatable bonds is 21. The Hall–Kier alpha value is -7.04. The fraction of sp³-hybridized carbons (Fsp3) is 0.429. The molecule has 0 saturated heterocycles. The Balaban J connectivity index is 0.919. The van der Waals surface area contributed by atoms with Crippen molar-refractivity contribution in [2.24, 2.45) is 5.92 Å². The summed E-state index contributed by atoms with van der Waals surface area (Å²) in [5.41, 5.74) is 1.89. The zero-order chi connectivity index (χ0) is 51.1. The molecule has 0 unspecified atom stereocenters. The number of ketones is 1. The van der Waals surface area contributed by atoms with Crippen LogP contribution in [-0.4, -0.2) is 112 Å².